The number of carbonyl (C=O) groups excluding carboxylic acids is 2. The zero-order chi connectivity index (χ0) is 17.3. The molecule has 4 aliphatic rings. The molecule has 4 aliphatic carbocycles. The van der Waals surface area contributed by atoms with Crippen molar-refractivity contribution in [1.82, 2.24) is 10.6 Å². The van der Waals surface area contributed by atoms with Crippen LogP contribution in [0.5, 0.6) is 0 Å². The monoisotopic (exact) mass is 340 g/mol. The Kier molecular flexibility index (Phi) is 4.53. The lowest BCUT2D eigenvalue weighted by Crippen LogP contribution is -2.53. The Morgan fingerprint density at radius 3 is 2.12 bits per heavy atom. The van der Waals surface area contributed by atoms with Crippen molar-refractivity contribution in [2.45, 2.75) is 51.5 Å². The molecule has 1 aromatic carbocycles. The molecule has 0 atom stereocenters. The summed E-state index contributed by atoms with van der Waals surface area (Å²) in [6, 6.07) is 9.88. The molecule has 2 amide bonds. The average molecular weight is 340 g/mol. The Morgan fingerprint density at radius 1 is 0.920 bits per heavy atom. The third-order valence-corrected chi connectivity index (χ3v) is 6.49. The summed E-state index contributed by atoms with van der Waals surface area (Å²) in [4.78, 5) is 24.8. The molecular formula is C21H28N2O2. The molecule has 0 radical (unpaired) electrons. The standard InChI is InChI=1S/C21H28N2O2/c24-19(23-14-15-4-2-1-3-5-15)6-7-22-20(25)21-11-16-8-17(12-21)10-18(9-16)13-21/h1-5,16-18H,6-14H2,(H,22,25)(H,23,24). The third kappa shape index (κ3) is 3.58. The fraction of sp³-hybridized carbons (Fsp3) is 0.619. The van der Waals surface area contributed by atoms with Gasteiger partial charge >= 0.3 is 0 Å². The van der Waals surface area contributed by atoms with E-state index in [-0.39, 0.29) is 17.2 Å². The van der Waals surface area contributed by atoms with Gasteiger partial charge in [-0.3, -0.25) is 9.59 Å². The predicted molar refractivity (Wildman–Crippen MR) is 96.5 cm³/mol. The van der Waals surface area contributed by atoms with Crippen LogP contribution in [0.2, 0.25) is 0 Å². The van der Waals surface area contributed by atoms with Gasteiger partial charge in [0.25, 0.3) is 0 Å². The highest BCUT2D eigenvalue weighted by Crippen LogP contribution is 2.60. The molecule has 4 saturated carbocycles. The Hall–Kier alpha value is -1.84. The zero-order valence-corrected chi connectivity index (χ0v) is 14.8. The summed E-state index contributed by atoms with van der Waals surface area (Å²) in [5, 5.41) is 5.99. The minimum Gasteiger partial charge on any atom is -0.355 e. The second-order valence-electron chi connectivity index (χ2n) is 8.47. The molecule has 134 valence electrons. The van der Waals surface area contributed by atoms with Gasteiger partial charge < -0.3 is 10.6 Å². The van der Waals surface area contributed by atoms with Gasteiger partial charge in [0.1, 0.15) is 0 Å². The minimum atomic E-state index is -0.116. The average Bonchev–Trinajstić information content (AvgIpc) is 2.59. The van der Waals surface area contributed by atoms with E-state index < -0.39 is 0 Å². The van der Waals surface area contributed by atoms with Crippen LogP contribution in [-0.2, 0) is 16.1 Å². The second-order valence-corrected chi connectivity index (χ2v) is 8.47. The largest absolute Gasteiger partial charge is 0.355 e. The summed E-state index contributed by atoms with van der Waals surface area (Å²) in [5.41, 5.74) is 0.975. The molecule has 0 unspecified atom stereocenters. The molecule has 0 spiro atoms. The summed E-state index contributed by atoms with van der Waals surface area (Å²) in [5.74, 6) is 2.51. The maximum absolute atomic E-state index is 12.8. The fourth-order valence-corrected chi connectivity index (χ4v) is 5.75. The third-order valence-electron chi connectivity index (χ3n) is 6.49. The van der Waals surface area contributed by atoms with Crippen LogP contribution < -0.4 is 10.6 Å². The van der Waals surface area contributed by atoms with Gasteiger partial charge in [0.2, 0.25) is 11.8 Å². The Morgan fingerprint density at radius 2 is 1.52 bits per heavy atom. The van der Waals surface area contributed by atoms with Crippen molar-refractivity contribution in [2.24, 2.45) is 23.2 Å². The van der Waals surface area contributed by atoms with Gasteiger partial charge in [0, 0.05) is 24.9 Å². The molecule has 4 nitrogen and oxygen atoms in total. The van der Waals surface area contributed by atoms with E-state index in [9.17, 15) is 9.59 Å². The molecule has 4 heteroatoms. The van der Waals surface area contributed by atoms with Gasteiger partial charge in [-0.15, -0.1) is 0 Å². The van der Waals surface area contributed by atoms with Crippen molar-refractivity contribution >= 4 is 11.8 Å². The van der Waals surface area contributed by atoms with E-state index >= 15 is 0 Å². The quantitative estimate of drug-likeness (QED) is 0.836. The van der Waals surface area contributed by atoms with Crippen molar-refractivity contribution in [3.05, 3.63) is 35.9 Å². The summed E-state index contributed by atoms with van der Waals surface area (Å²) in [6.45, 7) is 0.990. The highest BCUT2D eigenvalue weighted by Gasteiger charge is 2.54. The second kappa shape index (κ2) is 6.81. The normalized spacial score (nSPS) is 32.4. The van der Waals surface area contributed by atoms with Gasteiger partial charge in [-0.2, -0.15) is 0 Å². The van der Waals surface area contributed by atoms with Crippen molar-refractivity contribution in [3.8, 4) is 0 Å². The first-order valence-corrected chi connectivity index (χ1v) is 9.72. The zero-order valence-electron chi connectivity index (χ0n) is 14.8. The van der Waals surface area contributed by atoms with E-state index in [4.69, 9.17) is 0 Å². The number of amides is 2. The van der Waals surface area contributed by atoms with Crippen LogP contribution in [0.4, 0.5) is 0 Å². The van der Waals surface area contributed by atoms with E-state index in [0.717, 1.165) is 42.6 Å². The summed E-state index contributed by atoms with van der Waals surface area (Å²) >= 11 is 0. The summed E-state index contributed by atoms with van der Waals surface area (Å²) in [6.07, 6.45) is 7.60. The van der Waals surface area contributed by atoms with E-state index in [2.05, 4.69) is 10.6 Å². The number of hydrogen-bond donors (Lipinski definition) is 2. The lowest BCUT2D eigenvalue weighted by Gasteiger charge is -2.55. The van der Waals surface area contributed by atoms with Gasteiger partial charge in [-0.25, -0.2) is 0 Å². The van der Waals surface area contributed by atoms with Crippen LogP contribution in [-0.4, -0.2) is 18.4 Å². The van der Waals surface area contributed by atoms with Crippen molar-refractivity contribution < 1.29 is 9.59 Å². The van der Waals surface area contributed by atoms with Crippen LogP contribution in [0.3, 0.4) is 0 Å². The maximum atomic E-state index is 12.8. The highest BCUT2D eigenvalue weighted by molar-refractivity contribution is 5.84. The maximum Gasteiger partial charge on any atom is 0.226 e. The molecule has 0 aromatic heterocycles. The molecule has 0 heterocycles. The first-order valence-electron chi connectivity index (χ1n) is 9.72. The van der Waals surface area contributed by atoms with Crippen LogP contribution in [0.15, 0.2) is 30.3 Å². The van der Waals surface area contributed by atoms with Gasteiger partial charge in [0.15, 0.2) is 0 Å². The van der Waals surface area contributed by atoms with Crippen LogP contribution in [0.1, 0.15) is 50.5 Å². The van der Waals surface area contributed by atoms with Crippen molar-refractivity contribution in [3.63, 3.8) is 0 Å². The molecule has 1 aromatic rings. The molecule has 5 rings (SSSR count). The highest BCUT2D eigenvalue weighted by atomic mass is 16.2. The number of nitrogens with one attached hydrogen (secondary N) is 2. The van der Waals surface area contributed by atoms with Crippen molar-refractivity contribution in [2.75, 3.05) is 6.54 Å². The summed E-state index contributed by atoms with van der Waals surface area (Å²) in [7, 11) is 0. The first kappa shape index (κ1) is 16.6. The van der Waals surface area contributed by atoms with E-state index in [1.54, 1.807) is 0 Å². The molecule has 0 saturated heterocycles. The molecule has 25 heavy (non-hydrogen) atoms. The van der Waals surface area contributed by atoms with Gasteiger partial charge in [0.05, 0.1) is 0 Å². The van der Waals surface area contributed by atoms with Crippen LogP contribution >= 0.6 is 0 Å². The molecular weight excluding hydrogens is 312 g/mol. The predicted octanol–water partition coefficient (Wildman–Crippen LogP) is 3.03. The number of rotatable bonds is 6. The fourth-order valence-electron chi connectivity index (χ4n) is 5.75. The molecule has 0 aliphatic heterocycles. The van der Waals surface area contributed by atoms with Gasteiger partial charge in [-0.05, 0) is 61.8 Å². The minimum absolute atomic E-state index is 0.00494. The number of benzene rings is 1. The first-order chi connectivity index (χ1) is 12.1. The number of carbonyl (C=O) groups is 2. The van der Waals surface area contributed by atoms with Crippen LogP contribution in [0, 0.1) is 23.2 Å². The van der Waals surface area contributed by atoms with E-state index in [0.29, 0.717) is 19.5 Å². The Balaban J connectivity index is 1.22. The topological polar surface area (TPSA) is 58.2 Å². The molecule has 2 N–H and O–H groups in total. The molecule has 4 fully saturated rings. The molecule has 4 bridgehead atoms. The Labute approximate surface area is 149 Å². The van der Waals surface area contributed by atoms with Gasteiger partial charge in [-0.1, -0.05) is 30.3 Å². The van der Waals surface area contributed by atoms with E-state index in [1.807, 2.05) is 30.3 Å². The lowest BCUT2D eigenvalue weighted by atomic mass is 9.49. The Bertz CT molecular complexity index is 605. The van der Waals surface area contributed by atoms with E-state index in [1.165, 1.54) is 19.3 Å². The SMILES string of the molecule is O=C(CCNC(=O)C12CC3CC(CC(C3)C1)C2)NCc1ccccc1. The van der Waals surface area contributed by atoms with Crippen LogP contribution in [0.25, 0.3) is 0 Å². The smallest absolute Gasteiger partial charge is 0.226 e. The summed E-state index contributed by atoms with van der Waals surface area (Å²) < 4.78 is 0. The van der Waals surface area contributed by atoms with Crippen molar-refractivity contribution in [1.29, 1.82) is 0 Å². The lowest BCUT2D eigenvalue weighted by molar-refractivity contribution is -0.146. The number of hydrogen-bond acceptors (Lipinski definition) is 2.